The number of ether oxygens (including phenoxy) is 2. The third-order valence-corrected chi connectivity index (χ3v) is 4.01. The van der Waals surface area contributed by atoms with Crippen molar-refractivity contribution in [1.82, 2.24) is 10.3 Å². The number of hydrogen-bond acceptors (Lipinski definition) is 5. The summed E-state index contributed by atoms with van der Waals surface area (Å²) in [6, 6.07) is 9.94. The summed E-state index contributed by atoms with van der Waals surface area (Å²) in [5.41, 5.74) is 2.16. The van der Waals surface area contributed by atoms with Gasteiger partial charge in [-0.25, -0.2) is 4.79 Å². The zero-order chi connectivity index (χ0) is 22.6. The van der Waals surface area contributed by atoms with Gasteiger partial charge in [0, 0.05) is 26.2 Å². The Hall–Kier alpha value is -2.83. The normalized spacial score (nSPS) is 13.1. The minimum absolute atomic E-state index is 0.325. The van der Waals surface area contributed by atoms with Crippen LogP contribution >= 0.6 is 0 Å². The van der Waals surface area contributed by atoms with Gasteiger partial charge in [0.15, 0.2) is 0 Å². The second-order valence-electron chi connectivity index (χ2n) is 7.90. The summed E-state index contributed by atoms with van der Waals surface area (Å²) >= 11 is 0. The van der Waals surface area contributed by atoms with E-state index in [4.69, 9.17) is 9.47 Å². The lowest BCUT2D eigenvalue weighted by atomic mass is 10.1. The second-order valence-corrected chi connectivity index (χ2v) is 7.90. The third-order valence-electron chi connectivity index (χ3n) is 4.01. The van der Waals surface area contributed by atoms with Crippen molar-refractivity contribution in [2.75, 3.05) is 20.1 Å². The number of nitrogens with one attached hydrogen (secondary N) is 1. The molecule has 0 saturated carbocycles. The Balaban J connectivity index is 3.03. The Morgan fingerprint density at radius 3 is 2.43 bits per heavy atom. The molecule has 0 aliphatic rings. The molecule has 1 aromatic carbocycles. The summed E-state index contributed by atoms with van der Waals surface area (Å²) in [4.78, 5) is 12.1. The second kappa shape index (κ2) is 12.7. The summed E-state index contributed by atoms with van der Waals surface area (Å²) in [7, 11) is 1.86. The van der Waals surface area contributed by atoms with Crippen LogP contribution in [0.15, 0.2) is 63.8 Å². The molecular formula is C23H36N4O3. The first-order valence-corrected chi connectivity index (χ1v) is 10.3. The van der Waals surface area contributed by atoms with Crippen molar-refractivity contribution in [1.29, 1.82) is 0 Å². The molecule has 0 spiro atoms. The highest BCUT2D eigenvalue weighted by atomic mass is 16.6. The maximum Gasteiger partial charge on any atom is 0.407 e. The predicted molar refractivity (Wildman–Crippen MR) is 120 cm³/mol. The zero-order valence-electron chi connectivity index (χ0n) is 19.4. The first kappa shape index (κ1) is 25.2. The summed E-state index contributed by atoms with van der Waals surface area (Å²) in [6.07, 6.45) is 2.10. The highest BCUT2D eigenvalue weighted by Gasteiger charge is 2.16. The van der Waals surface area contributed by atoms with Crippen LogP contribution in [0.25, 0.3) is 0 Å². The monoisotopic (exact) mass is 416 g/mol. The Morgan fingerprint density at radius 1 is 1.20 bits per heavy atom. The molecule has 30 heavy (non-hydrogen) atoms. The first-order chi connectivity index (χ1) is 14.1. The van der Waals surface area contributed by atoms with Gasteiger partial charge < -0.3 is 14.8 Å². The lowest BCUT2D eigenvalue weighted by Crippen LogP contribution is -2.33. The summed E-state index contributed by atoms with van der Waals surface area (Å²) in [5.74, 6) is 0.674. The molecule has 0 aromatic heterocycles. The lowest BCUT2D eigenvalue weighted by Gasteiger charge is -2.20. The summed E-state index contributed by atoms with van der Waals surface area (Å²) < 4.78 is 11.4. The molecule has 1 aromatic rings. The number of allylic oxidation sites excluding steroid dienone is 2. The number of rotatable bonds is 10. The van der Waals surface area contributed by atoms with Crippen molar-refractivity contribution in [2.24, 2.45) is 10.3 Å². The largest absolute Gasteiger partial charge is 0.489 e. The van der Waals surface area contributed by atoms with E-state index in [1.165, 1.54) is 0 Å². The van der Waals surface area contributed by atoms with Gasteiger partial charge in [0.1, 0.15) is 18.0 Å². The third kappa shape index (κ3) is 10.6. The van der Waals surface area contributed by atoms with Gasteiger partial charge in [-0.3, -0.25) is 5.01 Å². The lowest BCUT2D eigenvalue weighted by molar-refractivity contribution is 0.0531. The molecule has 0 aliphatic heterocycles. The summed E-state index contributed by atoms with van der Waals surface area (Å²) in [5, 5.41) is 12.9. The molecule has 166 valence electrons. The van der Waals surface area contributed by atoms with E-state index in [0.717, 1.165) is 17.7 Å². The molecule has 0 fully saturated rings. The van der Waals surface area contributed by atoms with Gasteiger partial charge in [0.05, 0.1) is 5.70 Å². The fourth-order valence-corrected chi connectivity index (χ4v) is 2.29. The first-order valence-electron chi connectivity index (χ1n) is 10.3. The molecule has 0 unspecified atom stereocenters. The van der Waals surface area contributed by atoms with E-state index in [9.17, 15) is 4.79 Å². The van der Waals surface area contributed by atoms with Gasteiger partial charge in [-0.1, -0.05) is 42.5 Å². The molecule has 1 rings (SSSR count). The van der Waals surface area contributed by atoms with Crippen molar-refractivity contribution < 1.29 is 14.3 Å². The molecule has 1 amide bonds. The van der Waals surface area contributed by atoms with Crippen LogP contribution in [-0.2, 0) is 16.1 Å². The maximum atomic E-state index is 12.1. The van der Waals surface area contributed by atoms with Crippen molar-refractivity contribution in [2.45, 2.75) is 60.2 Å². The van der Waals surface area contributed by atoms with E-state index in [0.29, 0.717) is 31.0 Å². The van der Waals surface area contributed by atoms with Crippen LogP contribution in [0.1, 0.15) is 53.5 Å². The fraction of sp³-hybridized carbons (Fsp3) is 0.522. The molecule has 7 heteroatoms. The molecule has 0 aliphatic carbocycles. The van der Waals surface area contributed by atoms with E-state index in [2.05, 4.69) is 15.7 Å². The highest BCUT2D eigenvalue weighted by Crippen LogP contribution is 2.17. The van der Waals surface area contributed by atoms with Crippen LogP contribution in [0.4, 0.5) is 4.79 Å². The number of carbonyl (C=O) groups is 1. The van der Waals surface area contributed by atoms with E-state index >= 15 is 0 Å². The number of hydrogen-bond donors (Lipinski definition) is 1. The van der Waals surface area contributed by atoms with Crippen LogP contribution in [0, 0.1) is 0 Å². The molecule has 7 nitrogen and oxygen atoms in total. The van der Waals surface area contributed by atoms with Crippen molar-refractivity contribution in [3.05, 3.63) is 59.0 Å². The standard InChI is InChI=1S/C23H36N4O3/c1-8-20(16-24-22(28)30-23(4,5)6)21(15-18(3)25-26-27(7)9-2)29-17-19-13-11-10-12-14-19/h10-15H,8-9,16-17H2,1-7H3,(H,24,28)/b18-15+,21-20-,26-25-. The van der Waals surface area contributed by atoms with E-state index < -0.39 is 11.7 Å². The molecule has 0 saturated heterocycles. The highest BCUT2D eigenvalue weighted by molar-refractivity contribution is 5.68. The van der Waals surface area contributed by atoms with Gasteiger partial charge >= 0.3 is 6.09 Å². The van der Waals surface area contributed by atoms with E-state index in [-0.39, 0.29) is 0 Å². The number of carbonyl (C=O) groups excluding carboxylic acids is 1. The smallest absolute Gasteiger partial charge is 0.407 e. The topological polar surface area (TPSA) is 75.5 Å². The molecule has 0 radical (unpaired) electrons. The number of alkyl carbamates (subject to hydrolysis) is 1. The number of benzene rings is 1. The Kier molecular flexibility index (Phi) is 10.6. The molecule has 1 N–H and O–H groups in total. The molecular weight excluding hydrogens is 380 g/mol. The van der Waals surface area contributed by atoms with Crippen LogP contribution < -0.4 is 5.32 Å². The minimum Gasteiger partial charge on any atom is -0.489 e. The average Bonchev–Trinajstić information content (AvgIpc) is 2.69. The number of nitrogens with zero attached hydrogens (tertiary/aromatic N) is 3. The quantitative estimate of drug-likeness (QED) is 0.233. The zero-order valence-corrected chi connectivity index (χ0v) is 19.4. The van der Waals surface area contributed by atoms with Crippen LogP contribution in [0.5, 0.6) is 0 Å². The summed E-state index contributed by atoms with van der Waals surface area (Å²) in [6.45, 7) is 12.9. The van der Waals surface area contributed by atoms with Gasteiger partial charge in [0.2, 0.25) is 0 Å². The fourth-order valence-electron chi connectivity index (χ4n) is 2.29. The molecule has 0 bridgehead atoms. The average molecular weight is 417 g/mol. The Labute approximate surface area is 180 Å². The Morgan fingerprint density at radius 2 is 1.87 bits per heavy atom. The SMILES string of the molecule is CC\C(CNC(=O)OC(C)(C)C)=C(/C=C(C)/N=N\N(C)CC)OCc1ccccc1. The van der Waals surface area contributed by atoms with Gasteiger partial charge in [-0.2, -0.15) is 0 Å². The van der Waals surface area contributed by atoms with Crippen LogP contribution in [0.2, 0.25) is 0 Å². The van der Waals surface area contributed by atoms with Crippen LogP contribution in [-0.4, -0.2) is 36.8 Å². The van der Waals surface area contributed by atoms with Crippen LogP contribution in [0.3, 0.4) is 0 Å². The van der Waals surface area contributed by atoms with Crippen molar-refractivity contribution in [3.8, 4) is 0 Å². The number of amides is 1. The van der Waals surface area contributed by atoms with E-state index in [1.54, 1.807) is 5.01 Å². The van der Waals surface area contributed by atoms with E-state index in [1.807, 2.05) is 85.0 Å². The Bertz CT molecular complexity index is 749. The van der Waals surface area contributed by atoms with Gasteiger partial charge in [0.25, 0.3) is 0 Å². The molecule has 0 atom stereocenters. The van der Waals surface area contributed by atoms with Crippen molar-refractivity contribution in [3.63, 3.8) is 0 Å². The predicted octanol–water partition coefficient (Wildman–Crippen LogP) is 5.61. The molecule has 0 heterocycles. The maximum absolute atomic E-state index is 12.1. The van der Waals surface area contributed by atoms with Gasteiger partial charge in [-0.15, -0.1) is 5.11 Å². The van der Waals surface area contributed by atoms with Gasteiger partial charge in [-0.05, 0) is 52.2 Å². The van der Waals surface area contributed by atoms with Crippen molar-refractivity contribution >= 4 is 6.09 Å². The minimum atomic E-state index is -0.547.